The molecule has 1 aromatic heterocycles. The van der Waals surface area contributed by atoms with Gasteiger partial charge in [-0.25, -0.2) is 4.98 Å². The van der Waals surface area contributed by atoms with E-state index in [9.17, 15) is 13.2 Å². The van der Waals surface area contributed by atoms with E-state index in [0.717, 1.165) is 37.4 Å². The van der Waals surface area contributed by atoms with E-state index in [1.165, 1.54) is 0 Å². The van der Waals surface area contributed by atoms with Crippen LogP contribution in [0.25, 0.3) is 0 Å². The number of hydrogen-bond acceptors (Lipinski definition) is 5. The standard InChI is InChI=1S/C26H31F3N4O/c1-5-6-7-10-18-11-8-9-12-22(18)32-23-21(26(27,28)29)17-30-24(33-23)31-19-13-15-20(16-14-19)34-25(2,3)4/h8-9,11-17H,5-7,10H2,1-4H3,(H2,30,31,32,33). The molecule has 0 amide bonds. The zero-order valence-electron chi connectivity index (χ0n) is 20.0. The van der Waals surface area contributed by atoms with Crippen LogP contribution in [-0.2, 0) is 12.6 Å². The van der Waals surface area contributed by atoms with Crippen LogP contribution in [0.15, 0.2) is 54.7 Å². The predicted molar refractivity (Wildman–Crippen MR) is 130 cm³/mol. The van der Waals surface area contributed by atoms with Gasteiger partial charge in [0.15, 0.2) is 0 Å². The highest BCUT2D eigenvalue weighted by atomic mass is 19.4. The SMILES string of the molecule is CCCCCc1ccccc1Nc1nc(Nc2ccc(OC(C)(C)C)cc2)ncc1C(F)(F)F. The van der Waals surface area contributed by atoms with Gasteiger partial charge >= 0.3 is 6.18 Å². The average Bonchev–Trinajstić information content (AvgIpc) is 2.75. The third-order valence-electron chi connectivity index (χ3n) is 4.95. The molecule has 0 saturated carbocycles. The number of nitrogens with one attached hydrogen (secondary N) is 2. The molecule has 2 aromatic carbocycles. The quantitative estimate of drug-likeness (QED) is 0.310. The number of rotatable bonds is 9. The molecule has 0 saturated heterocycles. The first-order chi connectivity index (χ1) is 16.0. The molecule has 3 rings (SSSR count). The number of aryl methyl sites for hydroxylation is 1. The first kappa shape index (κ1) is 25.3. The number of halogens is 3. The summed E-state index contributed by atoms with van der Waals surface area (Å²) in [4.78, 5) is 8.06. The number of hydrogen-bond donors (Lipinski definition) is 2. The third-order valence-corrected chi connectivity index (χ3v) is 4.95. The van der Waals surface area contributed by atoms with Gasteiger partial charge in [-0.05, 0) is 69.5 Å². The minimum atomic E-state index is -4.59. The van der Waals surface area contributed by atoms with Gasteiger partial charge in [-0.2, -0.15) is 18.2 Å². The van der Waals surface area contributed by atoms with E-state index in [2.05, 4.69) is 27.5 Å². The van der Waals surface area contributed by atoms with E-state index in [4.69, 9.17) is 4.74 Å². The Labute approximate surface area is 198 Å². The summed E-state index contributed by atoms with van der Waals surface area (Å²) in [5.41, 5.74) is 0.935. The van der Waals surface area contributed by atoms with Crippen LogP contribution in [0.1, 0.15) is 58.1 Å². The van der Waals surface area contributed by atoms with Gasteiger partial charge in [0.25, 0.3) is 0 Å². The van der Waals surface area contributed by atoms with Gasteiger partial charge in [-0.1, -0.05) is 38.0 Å². The van der Waals surface area contributed by atoms with Gasteiger partial charge in [0.2, 0.25) is 5.95 Å². The average molecular weight is 473 g/mol. The Hall–Kier alpha value is -3.29. The Morgan fingerprint density at radius 3 is 2.26 bits per heavy atom. The number of ether oxygens (including phenoxy) is 1. The molecule has 3 aromatic rings. The molecule has 0 radical (unpaired) electrons. The monoisotopic (exact) mass is 472 g/mol. The summed E-state index contributed by atoms with van der Waals surface area (Å²) < 4.78 is 46.9. The number of alkyl halides is 3. The second-order valence-electron chi connectivity index (χ2n) is 9.06. The van der Waals surface area contributed by atoms with Crippen LogP contribution in [-0.4, -0.2) is 15.6 Å². The van der Waals surface area contributed by atoms with E-state index in [1.54, 1.807) is 36.4 Å². The summed E-state index contributed by atoms with van der Waals surface area (Å²) in [5, 5.41) is 5.87. The molecular weight excluding hydrogens is 441 g/mol. The first-order valence-electron chi connectivity index (χ1n) is 11.4. The molecule has 5 nitrogen and oxygen atoms in total. The van der Waals surface area contributed by atoms with Crippen LogP contribution >= 0.6 is 0 Å². The maximum absolute atomic E-state index is 13.7. The number of para-hydroxylation sites is 1. The molecule has 0 bridgehead atoms. The number of unbranched alkanes of at least 4 members (excludes halogenated alkanes) is 2. The molecule has 0 atom stereocenters. The summed E-state index contributed by atoms with van der Waals surface area (Å²) >= 11 is 0. The van der Waals surface area contributed by atoms with Crippen molar-refractivity contribution in [2.24, 2.45) is 0 Å². The fourth-order valence-electron chi connectivity index (χ4n) is 3.39. The van der Waals surface area contributed by atoms with E-state index in [1.807, 2.05) is 32.9 Å². The Kier molecular flexibility index (Phi) is 8.02. The lowest BCUT2D eigenvalue weighted by Crippen LogP contribution is -2.22. The molecule has 0 aliphatic rings. The van der Waals surface area contributed by atoms with Crippen molar-refractivity contribution in [1.29, 1.82) is 0 Å². The largest absolute Gasteiger partial charge is 0.488 e. The van der Waals surface area contributed by atoms with Gasteiger partial charge in [-0.15, -0.1) is 0 Å². The van der Waals surface area contributed by atoms with Crippen molar-refractivity contribution in [3.63, 3.8) is 0 Å². The van der Waals surface area contributed by atoms with Crippen LogP contribution in [0.2, 0.25) is 0 Å². The maximum Gasteiger partial charge on any atom is 0.421 e. The van der Waals surface area contributed by atoms with Crippen molar-refractivity contribution >= 4 is 23.1 Å². The summed E-state index contributed by atoms with van der Waals surface area (Å²) in [5.74, 6) is 0.456. The second-order valence-corrected chi connectivity index (χ2v) is 9.06. The molecule has 2 N–H and O–H groups in total. The van der Waals surface area contributed by atoms with Crippen molar-refractivity contribution < 1.29 is 17.9 Å². The number of anilines is 4. The van der Waals surface area contributed by atoms with E-state index >= 15 is 0 Å². The van der Waals surface area contributed by atoms with E-state index in [0.29, 0.717) is 17.1 Å². The van der Waals surface area contributed by atoms with Crippen molar-refractivity contribution in [3.8, 4) is 5.75 Å². The van der Waals surface area contributed by atoms with Crippen molar-refractivity contribution in [2.45, 2.75) is 65.2 Å². The van der Waals surface area contributed by atoms with Crippen LogP contribution in [0.4, 0.5) is 36.3 Å². The van der Waals surface area contributed by atoms with Crippen LogP contribution in [0, 0.1) is 0 Å². The number of aromatic nitrogens is 2. The van der Waals surface area contributed by atoms with Crippen molar-refractivity contribution in [2.75, 3.05) is 10.6 Å². The lowest BCUT2D eigenvalue weighted by atomic mass is 10.1. The molecule has 34 heavy (non-hydrogen) atoms. The maximum atomic E-state index is 13.7. The minimum absolute atomic E-state index is 0.0588. The van der Waals surface area contributed by atoms with E-state index in [-0.39, 0.29) is 17.4 Å². The fourth-order valence-corrected chi connectivity index (χ4v) is 3.39. The van der Waals surface area contributed by atoms with E-state index < -0.39 is 11.7 Å². The highest BCUT2D eigenvalue weighted by Gasteiger charge is 2.35. The molecule has 0 fully saturated rings. The predicted octanol–water partition coefficient (Wildman–Crippen LogP) is 7.89. The van der Waals surface area contributed by atoms with Gasteiger partial charge in [-0.3, -0.25) is 0 Å². The highest BCUT2D eigenvalue weighted by Crippen LogP contribution is 2.36. The first-order valence-corrected chi connectivity index (χ1v) is 11.4. The Morgan fingerprint density at radius 2 is 1.62 bits per heavy atom. The summed E-state index contributed by atoms with van der Waals surface area (Å²) in [6.45, 7) is 7.96. The van der Waals surface area contributed by atoms with Crippen LogP contribution in [0.5, 0.6) is 5.75 Å². The normalized spacial score (nSPS) is 11.9. The molecule has 0 spiro atoms. The zero-order valence-corrected chi connectivity index (χ0v) is 20.0. The van der Waals surface area contributed by atoms with Gasteiger partial charge in [0, 0.05) is 17.6 Å². The highest BCUT2D eigenvalue weighted by molar-refractivity contribution is 5.65. The molecule has 1 heterocycles. The summed E-state index contributed by atoms with van der Waals surface area (Å²) in [6.07, 6.45) is 0.0735. The van der Waals surface area contributed by atoms with Crippen LogP contribution < -0.4 is 15.4 Å². The second kappa shape index (κ2) is 10.8. The Morgan fingerprint density at radius 1 is 0.912 bits per heavy atom. The topological polar surface area (TPSA) is 59.1 Å². The van der Waals surface area contributed by atoms with Gasteiger partial charge in [0.05, 0.1) is 0 Å². The summed E-state index contributed by atoms with van der Waals surface area (Å²) in [7, 11) is 0. The van der Waals surface area contributed by atoms with Crippen LogP contribution in [0.3, 0.4) is 0 Å². The van der Waals surface area contributed by atoms with Gasteiger partial charge in [0.1, 0.15) is 22.7 Å². The minimum Gasteiger partial charge on any atom is -0.488 e. The lowest BCUT2D eigenvalue weighted by molar-refractivity contribution is -0.137. The lowest BCUT2D eigenvalue weighted by Gasteiger charge is -2.21. The Balaban J connectivity index is 1.85. The molecule has 0 aliphatic heterocycles. The third kappa shape index (κ3) is 7.37. The number of nitrogens with zero attached hydrogens (tertiary/aromatic N) is 2. The fraction of sp³-hybridized carbons (Fsp3) is 0.385. The summed E-state index contributed by atoms with van der Waals surface area (Å²) in [6, 6.07) is 14.5. The molecular formula is C26H31F3N4O. The Bertz CT molecular complexity index is 1080. The zero-order chi connectivity index (χ0) is 24.8. The molecule has 182 valence electrons. The van der Waals surface area contributed by atoms with Gasteiger partial charge < -0.3 is 15.4 Å². The smallest absolute Gasteiger partial charge is 0.421 e. The molecule has 0 unspecified atom stereocenters. The molecule has 0 aliphatic carbocycles. The van der Waals surface area contributed by atoms with Crippen molar-refractivity contribution in [1.82, 2.24) is 9.97 Å². The van der Waals surface area contributed by atoms with Crippen molar-refractivity contribution in [3.05, 3.63) is 65.9 Å². The molecule has 8 heteroatoms. The number of benzene rings is 2.